The Labute approximate surface area is 563 Å². The molecule has 458 valence electrons. The van der Waals surface area contributed by atoms with Crippen LogP contribution in [0.15, 0.2) is 315 Å². The van der Waals surface area contributed by atoms with Gasteiger partial charge in [0.2, 0.25) is 0 Å². The first-order valence-corrected chi connectivity index (χ1v) is 33.3. The van der Waals surface area contributed by atoms with Crippen LogP contribution in [0, 0.1) is 27.7 Å². The summed E-state index contributed by atoms with van der Waals surface area (Å²) in [6.07, 6.45) is 0. The Morgan fingerprint density at radius 1 is 0.186 bits per heavy atom. The van der Waals surface area contributed by atoms with Crippen LogP contribution in [0.4, 0.5) is 0 Å². The van der Waals surface area contributed by atoms with Crippen LogP contribution in [0.25, 0.3) is 172 Å². The van der Waals surface area contributed by atoms with Gasteiger partial charge in [-0.1, -0.05) is 235 Å². The maximum Gasteiger partial charge on any atom is 0.0959 e. The fourth-order valence-corrected chi connectivity index (χ4v) is 14.9. The van der Waals surface area contributed by atoms with Gasteiger partial charge in [-0.15, -0.1) is 0 Å². The molecule has 12 aromatic carbocycles. The minimum Gasteiger partial charge on any atom is -0.306 e. The van der Waals surface area contributed by atoms with Crippen molar-refractivity contribution in [2.24, 2.45) is 0 Å². The summed E-state index contributed by atoms with van der Waals surface area (Å²) in [5, 5.41) is 6.96. The first kappa shape index (κ1) is 57.2. The molecule has 0 aliphatic rings. The number of para-hydroxylation sites is 1. The van der Waals surface area contributed by atoms with Crippen molar-refractivity contribution in [3.63, 3.8) is 0 Å². The van der Waals surface area contributed by atoms with Gasteiger partial charge in [-0.3, -0.25) is 0 Å². The van der Waals surface area contributed by atoms with E-state index in [1.807, 2.05) is 0 Å². The molecule has 6 aromatic heterocycles. The lowest BCUT2D eigenvalue weighted by molar-refractivity contribution is 1.05. The van der Waals surface area contributed by atoms with Crippen molar-refractivity contribution in [1.82, 2.24) is 28.7 Å². The highest BCUT2D eigenvalue weighted by atomic mass is 15.1. The van der Waals surface area contributed by atoms with Crippen molar-refractivity contribution in [2.75, 3.05) is 0 Å². The predicted octanol–water partition coefficient (Wildman–Crippen LogP) is 23.7. The summed E-state index contributed by atoms with van der Waals surface area (Å²) in [4.78, 5) is 16.7. The molecule has 0 saturated carbocycles. The van der Waals surface area contributed by atoms with Gasteiger partial charge in [0.1, 0.15) is 0 Å². The molecule has 97 heavy (non-hydrogen) atoms. The molecular formula is C91H64N6. The topological polar surface area (TPSA) is 53.5 Å². The van der Waals surface area contributed by atoms with E-state index >= 15 is 0 Å². The lowest BCUT2D eigenvalue weighted by atomic mass is 9.90. The number of aryl methyl sites for hydroxylation is 4. The van der Waals surface area contributed by atoms with Crippen molar-refractivity contribution in [3.8, 4) is 107 Å². The highest BCUT2D eigenvalue weighted by Gasteiger charge is 2.32. The molecule has 6 heterocycles. The molecule has 0 unspecified atom stereocenters. The van der Waals surface area contributed by atoms with Crippen molar-refractivity contribution < 1.29 is 0 Å². The van der Waals surface area contributed by atoms with Crippen LogP contribution in [-0.4, -0.2) is 28.7 Å². The van der Waals surface area contributed by atoms with Crippen LogP contribution >= 0.6 is 0 Å². The molecule has 0 spiro atoms. The standard InChI is InChI=1S/C91H64N6/c1-57-37-43-84-73(47-57)74-48-58(2)38-44-85(74)95(84)89-71(67-51-79(62-25-12-6-13-26-62)93-80(52-67)63-27-14-7-15-28-63)56-72(68-53-81(64-29-16-8-17-30-64)94-82(54-68)65-31-18-9-19-32-65)90(96-86-45-39-59(3)49-75(86)76-50-60(4)40-46-87(76)96)91(89)97-83-36-21-20-33-69(83)70-42-41-66(55-88(70)97)78-35-22-34-77(92-78)61-23-10-5-11-24-61/h5-56H,1-4H3. The lowest BCUT2D eigenvalue weighted by Crippen LogP contribution is -2.13. The zero-order valence-corrected chi connectivity index (χ0v) is 54.2. The van der Waals surface area contributed by atoms with Gasteiger partial charge < -0.3 is 13.7 Å². The van der Waals surface area contributed by atoms with E-state index in [4.69, 9.17) is 15.0 Å². The monoisotopic (exact) mass is 1240 g/mol. The highest BCUT2D eigenvalue weighted by Crippen LogP contribution is 2.52. The molecule has 0 aliphatic heterocycles. The van der Waals surface area contributed by atoms with E-state index in [0.717, 1.165) is 151 Å². The molecule has 18 aromatic rings. The molecule has 0 fully saturated rings. The highest BCUT2D eigenvalue weighted by molar-refractivity contribution is 6.16. The number of hydrogen-bond acceptors (Lipinski definition) is 3. The van der Waals surface area contributed by atoms with E-state index in [9.17, 15) is 0 Å². The smallest absolute Gasteiger partial charge is 0.0959 e. The van der Waals surface area contributed by atoms with Crippen molar-refractivity contribution in [1.29, 1.82) is 0 Å². The zero-order valence-electron chi connectivity index (χ0n) is 54.2. The fraction of sp³-hybridized carbons (Fsp3) is 0.0440. The lowest BCUT2D eigenvalue weighted by Gasteiger charge is -2.28. The molecule has 0 saturated heterocycles. The van der Waals surface area contributed by atoms with Gasteiger partial charge in [-0.05, 0) is 142 Å². The largest absolute Gasteiger partial charge is 0.306 e. The number of aromatic nitrogens is 6. The first-order chi connectivity index (χ1) is 47.7. The van der Waals surface area contributed by atoms with E-state index in [-0.39, 0.29) is 0 Å². The van der Waals surface area contributed by atoms with Gasteiger partial charge in [0.05, 0.1) is 84.3 Å². The van der Waals surface area contributed by atoms with Crippen LogP contribution < -0.4 is 0 Å². The summed E-state index contributed by atoms with van der Waals surface area (Å²) in [6.45, 7) is 8.85. The van der Waals surface area contributed by atoms with Gasteiger partial charge in [0, 0.05) is 76.8 Å². The first-order valence-electron chi connectivity index (χ1n) is 33.3. The van der Waals surface area contributed by atoms with Gasteiger partial charge in [0.15, 0.2) is 0 Å². The number of hydrogen-bond donors (Lipinski definition) is 0. The molecule has 0 atom stereocenters. The summed E-state index contributed by atoms with van der Waals surface area (Å²) in [5.74, 6) is 0. The average Bonchev–Trinajstić information content (AvgIpc) is 1.60. The minimum atomic E-state index is 0.866. The van der Waals surface area contributed by atoms with Crippen LogP contribution in [0.5, 0.6) is 0 Å². The van der Waals surface area contributed by atoms with E-state index < -0.39 is 0 Å². The van der Waals surface area contributed by atoms with Gasteiger partial charge in [0.25, 0.3) is 0 Å². The Hall–Kier alpha value is -12.5. The molecule has 0 bridgehead atoms. The van der Waals surface area contributed by atoms with E-state index in [1.54, 1.807) is 0 Å². The summed E-state index contributed by atoms with van der Waals surface area (Å²) in [7, 11) is 0. The van der Waals surface area contributed by atoms with Crippen LogP contribution in [0.3, 0.4) is 0 Å². The van der Waals surface area contributed by atoms with E-state index in [1.165, 1.54) is 43.8 Å². The fourth-order valence-electron chi connectivity index (χ4n) is 14.9. The third-order valence-electron chi connectivity index (χ3n) is 19.4. The summed E-state index contributed by atoms with van der Waals surface area (Å²) < 4.78 is 7.81. The van der Waals surface area contributed by atoms with Crippen molar-refractivity contribution >= 4 is 65.4 Å². The third-order valence-corrected chi connectivity index (χ3v) is 19.4. The Kier molecular flexibility index (Phi) is 13.7. The second-order valence-corrected chi connectivity index (χ2v) is 25.8. The molecule has 0 radical (unpaired) electrons. The maximum absolute atomic E-state index is 5.61. The summed E-state index contributed by atoms with van der Waals surface area (Å²) >= 11 is 0. The maximum atomic E-state index is 5.61. The Bertz CT molecular complexity index is 5630. The normalized spacial score (nSPS) is 11.7. The van der Waals surface area contributed by atoms with E-state index in [0.29, 0.717) is 0 Å². The average molecular weight is 1240 g/mol. The Morgan fingerprint density at radius 3 is 0.887 bits per heavy atom. The Balaban J connectivity index is 1.12. The minimum absolute atomic E-state index is 0.866. The van der Waals surface area contributed by atoms with Crippen LogP contribution in [-0.2, 0) is 0 Å². The summed E-state index contributed by atoms with van der Waals surface area (Å²) in [5.41, 5.74) is 29.6. The SMILES string of the molecule is Cc1ccc2c(c1)c1cc(C)ccc1n2-c1c(-c2cc(-c3ccccc3)nc(-c3ccccc3)c2)cc(-c2cc(-c3ccccc3)nc(-c3ccccc3)c2)c(-n2c3ccc(C)cc3c3cc(C)ccc32)c1-n1c2ccccc2c2ccc(-c3cccc(-c4ccccc4)n3)cc21. The number of benzene rings is 12. The number of pyridine rings is 3. The zero-order chi connectivity index (χ0) is 64.8. The van der Waals surface area contributed by atoms with Crippen molar-refractivity contribution in [3.05, 3.63) is 338 Å². The van der Waals surface area contributed by atoms with Crippen molar-refractivity contribution in [2.45, 2.75) is 27.7 Å². The van der Waals surface area contributed by atoms with Crippen LogP contribution in [0.2, 0.25) is 0 Å². The number of rotatable bonds is 11. The second kappa shape index (κ2) is 23.2. The van der Waals surface area contributed by atoms with Gasteiger partial charge >= 0.3 is 0 Å². The number of fused-ring (bicyclic) bond motifs is 9. The molecule has 6 nitrogen and oxygen atoms in total. The van der Waals surface area contributed by atoms with Gasteiger partial charge in [-0.25, -0.2) is 15.0 Å². The third kappa shape index (κ3) is 9.83. The van der Waals surface area contributed by atoms with E-state index in [2.05, 4.69) is 357 Å². The molecule has 18 rings (SSSR count). The Morgan fingerprint density at radius 2 is 0.495 bits per heavy atom. The molecule has 0 N–H and O–H groups in total. The van der Waals surface area contributed by atoms with Gasteiger partial charge in [-0.2, -0.15) is 0 Å². The molecule has 0 amide bonds. The predicted molar refractivity (Wildman–Crippen MR) is 405 cm³/mol. The molecule has 6 heteroatoms. The second-order valence-electron chi connectivity index (χ2n) is 25.8. The molecule has 0 aliphatic carbocycles. The van der Waals surface area contributed by atoms with Crippen LogP contribution in [0.1, 0.15) is 22.3 Å². The number of nitrogens with zero attached hydrogens (tertiary/aromatic N) is 6. The summed E-state index contributed by atoms with van der Waals surface area (Å²) in [6, 6.07) is 115. The quantitative estimate of drug-likeness (QED) is 0.130. The molecular weight excluding hydrogens is 1180 g/mol.